The van der Waals surface area contributed by atoms with E-state index in [-0.39, 0.29) is 96.1 Å². The standard InChI is InChI=1S/C38H46BrCl2N3O5.C30H36F5N3O3.C25H26N4O.C22H32N6O/c1-23(2)49-35-29(39)17-25(19-33(35)47-7)13-16-34(45)43-32(36(46)42-26-20-37(3,4)44-38(5,6)21-26)18-24-11-14-27(15-12-24)48-22-28-30(40)9-8-10-31(28)41;1-16(2)41-19-9-7-17(8-10-19)13-21(28(40)36-18-14-29(3,4)38-30(5,6)15-18)37-22(39)12-11-20-23(31)25(33)27(35)26(34)24(20)32;1-18(2)30-16-13-19-7-9-21(10-8-19)27-25-23-6-4-3-5-22(23)24(28-29-25)17-20-11-14-26-15-12-20;1-6-18(13-29-16(4)5)25-22-26-20(23-12-17-10-8-7-9-11-17)19-21(27-22)28(14-24-19)15(2)3/h8-17,19,23,26,32,44H,18,20-22H2,1-7H3,(H,42,46)(H,43,45);7-12,16,18,21,38H,13-15H2,1-6H3,(H,36,40)(H,37,39);3-12,14-15,18H,13,16-17H2,1-2H3,(H,27,29);7-11,14-16,18H,6,12-13H2,1-5H3,(H2,23,25,26,27)/b16-13+;12-11+;;/t;;;18-/m...1/s1. The SMILES string of the molecule is CC(C)OCCc1ccc(Nc2nnc(Cc3ccncc3)c3ccccc23)cc1.CC(C)Oc1ccc(CC(NC(=O)/C=C/c2c(F)c(F)c(F)c(F)c2F)C(=O)NC2CC(C)(C)NC(C)(C)C2)cc1.CC[C@H](COC(C)C)Nc1nc(NCc2ccccc2)c2ncn(C(C)C)c2n1.COc1cc(/C=C/C(=O)NC(Cc2ccc(OCc3c(Cl)cccc3Cl)cc2)C(=O)NC2CC(C)(C)NC(C)(C)C2)cc(Br)c1OC(C)C. The van der Waals surface area contributed by atoms with Gasteiger partial charge < -0.3 is 80.8 Å². The number of amides is 4. The Morgan fingerprint density at radius 1 is 0.557 bits per heavy atom. The minimum absolute atomic E-state index is 0.0401. The number of piperidine rings is 2. The van der Waals surface area contributed by atoms with E-state index in [2.05, 4.69) is 199 Å². The summed E-state index contributed by atoms with van der Waals surface area (Å²) >= 11 is 16.1. The number of fused-ring (bicyclic) bond motifs is 2. The van der Waals surface area contributed by atoms with E-state index < -0.39 is 64.5 Å². The summed E-state index contributed by atoms with van der Waals surface area (Å²) in [7, 11) is 1.57. The fourth-order valence-electron chi connectivity index (χ4n) is 18.0. The Bertz CT molecular complexity index is 6450. The molecule has 14 rings (SSSR count). The molecule has 0 aliphatic carbocycles. The van der Waals surface area contributed by atoms with E-state index in [1.54, 1.807) is 74.1 Å². The maximum Gasteiger partial charge on any atom is 0.244 e. The number of anilines is 4. The molecule has 3 atom stereocenters. The van der Waals surface area contributed by atoms with Crippen LogP contribution in [0.1, 0.15) is 220 Å². The van der Waals surface area contributed by atoms with Gasteiger partial charge in [0.25, 0.3) is 0 Å². The number of carbonyl (C=O) groups is 4. The summed E-state index contributed by atoms with van der Waals surface area (Å²) in [4.78, 5) is 71.5. The van der Waals surface area contributed by atoms with Crippen LogP contribution in [0.25, 0.3) is 34.1 Å². The van der Waals surface area contributed by atoms with Crippen LogP contribution in [-0.4, -0.2) is 155 Å². The quantitative estimate of drug-likeness (QED) is 0.00746. The van der Waals surface area contributed by atoms with E-state index in [1.165, 1.54) is 22.8 Å². The van der Waals surface area contributed by atoms with Crippen LogP contribution < -0.4 is 66.8 Å². The lowest BCUT2D eigenvalue weighted by atomic mass is 9.79. The van der Waals surface area contributed by atoms with Gasteiger partial charge in [-0.2, -0.15) is 15.1 Å². The van der Waals surface area contributed by atoms with Gasteiger partial charge in [0.15, 0.2) is 57.6 Å². The molecule has 8 aromatic carbocycles. The lowest BCUT2D eigenvalue weighted by Crippen LogP contribution is -2.63. The summed E-state index contributed by atoms with van der Waals surface area (Å²) in [5, 5.41) is 41.4. The van der Waals surface area contributed by atoms with Crippen LogP contribution in [-0.2, 0) is 67.5 Å². The lowest BCUT2D eigenvalue weighted by molar-refractivity contribution is -0.128. The molecular formula is C115H140BrCl2F5N16O10. The maximum atomic E-state index is 14.0. The molecule has 4 aromatic heterocycles. The van der Waals surface area contributed by atoms with Crippen LogP contribution in [0.15, 0.2) is 205 Å². The molecule has 2 aliphatic rings. The molecule has 0 spiro atoms. The largest absolute Gasteiger partial charge is 0.493 e. The highest BCUT2D eigenvalue weighted by molar-refractivity contribution is 9.10. The first-order valence-corrected chi connectivity index (χ1v) is 51.9. The topological polar surface area (TPSA) is 314 Å². The highest BCUT2D eigenvalue weighted by Crippen LogP contribution is 2.40. The Labute approximate surface area is 889 Å². The van der Waals surface area contributed by atoms with Crippen LogP contribution in [0, 0.1) is 29.1 Å². The van der Waals surface area contributed by atoms with Gasteiger partial charge in [0, 0.05) is 123 Å². The van der Waals surface area contributed by atoms with Crippen molar-refractivity contribution >= 4 is 120 Å². The minimum atomic E-state index is -2.30. The number of methoxy groups -OCH3 is 1. The second-order valence-corrected chi connectivity index (χ2v) is 42.9. The minimum Gasteiger partial charge on any atom is -0.493 e. The summed E-state index contributed by atoms with van der Waals surface area (Å²) in [5.74, 6) is -8.31. The van der Waals surface area contributed by atoms with Crippen molar-refractivity contribution in [2.24, 2.45) is 0 Å². The summed E-state index contributed by atoms with van der Waals surface area (Å²) in [5.41, 5.74) is 8.05. The van der Waals surface area contributed by atoms with Crippen molar-refractivity contribution in [3.8, 4) is 23.0 Å². The molecule has 2 fully saturated rings. The van der Waals surface area contributed by atoms with Crippen molar-refractivity contribution in [3.63, 3.8) is 0 Å². The number of rotatable bonds is 40. The first-order valence-electron chi connectivity index (χ1n) is 50.3. The van der Waals surface area contributed by atoms with Crippen LogP contribution in [0.4, 0.5) is 45.2 Å². The van der Waals surface area contributed by atoms with Crippen molar-refractivity contribution in [1.82, 2.24) is 66.6 Å². The predicted molar refractivity (Wildman–Crippen MR) is 586 cm³/mol. The molecule has 26 nitrogen and oxygen atoms in total. The van der Waals surface area contributed by atoms with Gasteiger partial charge in [-0.3, -0.25) is 24.2 Å². The normalized spacial score (nSPS) is 14.9. The Morgan fingerprint density at radius 3 is 1.61 bits per heavy atom. The summed E-state index contributed by atoms with van der Waals surface area (Å²) in [6, 6.07) is 52.5. The second-order valence-electron chi connectivity index (χ2n) is 41.2. The Kier molecular flexibility index (Phi) is 42.4. The smallest absolute Gasteiger partial charge is 0.244 e. The average Bonchev–Trinajstić information content (AvgIpc) is 1.72. The zero-order valence-electron chi connectivity index (χ0n) is 88.4. The van der Waals surface area contributed by atoms with Crippen molar-refractivity contribution < 1.29 is 69.6 Å². The highest BCUT2D eigenvalue weighted by Gasteiger charge is 2.41. The molecule has 2 saturated heterocycles. The summed E-state index contributed by atoms with van der Waals surface area (Å²) < 4.78 is 106. The number of pyridine rings is 1. The van der Waals surface area contributed by atoms with E-state index in [4.69, 9.17) is 61.6 Å². The van der Waals surface area contributed by atoms with Gasteiger partial charge in [-0.05, 0) is 297 Å². The van der Waals surface area contributed by atoms with Crippen molar-refractivity contribution in [2.45, 2.75) is 285 Å². The molecule has 4 amide bonds. The van der Waals surface area contributed by atoms with E-state index in [0.29, 0.717) is 92.7 Å². The molecule has 2 unspecified atom stereocenters. The van der Waals surface area contributed by atoms with Crippen molar-refractivity contribution in [3.05, 3.63) is 295 Å². The average molecular weight is 2150 g/mol. The lowest BCUT2D eigenvalue weighted by Gasteiger charge is -2.46. The molecule has 0 saturated carbocycles. The third kappa shape index (κ3) is 35.8. The Balaban J connectivity index is 0.000000193. The first-order chi connectivity index (χ1) is 70.7. The van der Waals surface area contributed by atoms with Gasteiger partial charge in [0.05, 0.1) is 72.8 Å². The molecule has 149 heavy (non-hydrogen) atoms. The predicted octanol–water partition coefficient (Wildman–Crippen LogP) is 23.6. The van der Waals surface area contributed by atoms with Gasteiger partial charge in [0.1, 0.15) is 30.2 Å². The first kappa shape index (κ1) is 117. The number of ether oxygens (including phenoxy) is 6. The van der Waals surface area contributed by atoms with Crippen molar-refractivity contribution in [1.29, 1.82) is 0 Å². The number of nitrogens with one attached hydrogen (secondary N) is 9. The third-order valence-electron chi connectivity index (χ3n) is 24.2. The van der Waals surface area contributed by atoms with Crippen LogP contribution >= 0.6 is 39.1 Å². The zero-order chi connectivity index (χ0) is 108. The number of halogens is 8. The third-order valence-corrected chi connectivity index (χ3v) is 25.5. The van der Waals surface area contributed by atoms with E-state index >= 15 is 0 Å². The van der Waals surface area contributed by atoms with Crippen LogP contribution in [0.2, 0.25) is 10.0 Å². The Hall–Kier alpha value is -12.7. The zero-order valence-corrected chi connectivity index (χ0v) is 91.5. The molecule has 796 valence electrons. The maximum absolute atomic E-state index is 14.0. The molecule has 0 bridgehead atoms. The van der Waals surface area contributed by atoms with Crippen LogP contribution in [0.5, 0.6) is 23.0 Å². The van der Waals surface area contributed by atoms with Gasteiger partial charge in [-0.15, -0.1) is 5.10 Å². The number of hydrogen-bond acceptors (Lipinski definition) is 21. The molecular weight excluding hydrogens is 2010 g/mol. The number of nitrogens with zero attached hydrogens (tertiary/aromatic N) is 7. The number of imidazole rings is 1. The molecule has 34 heteroatoms. The van der Waals surface area contributed by atoms with E-state index in [9.17, 15) is 41.1 Å². The fraction of sp³-hybridized carbons (Fsp3) is 0.409. The van der Waals surface area contributed by atoms with E-state index in [0.717, 1.165) is 94.8 Å². The fourth-order valence-corrected chi connectivity index (χ4v) is 19.0. The summed E-state index contributed by atoms with van der Waals surface area (Å²) in [6.07, 6.45) is 15.7. The number of hydrogen-bond donors (Lipinski definition) is 9. The highest BCUT2D eigenvalue weighted by atomic mass is 79.9. The molecule has 2 aliphatic heterocycles. The second kappa shape index (κ2) is 54.2. The molecule has 0 radical (unpaired) electrons. The monoisotopic (exact) mass is 2150 g/mol. The van der Waals surface area contributed by atoms with Crippen molar-refractivity contribution in [2.75, 3.05) is 36.3 Å². The number of carbonyl (C=O) groups excluding carboxylic acids is 4. The number of benzene rings is 8. The van der Waals surface area contributed by atoms with Gasteiger partial charge >= 0.3 is 0 Å². The Morgan fingerprint density at radius 2 is 1.08 bits per heavy atom. The molecule has 9 N–H and O–H groups in total. The van der Waals surface area contributed by atoms with E-state index in [1.807, 2.05) is 148 Å². The van der Waals surface area contributed by atoms with Gasteiger partial charge in [-0.1, -0.05) is 127 Å². The number of aromatic nitrogens is 7. The summed E-state index contributed by atoms with van der Waals surface area (Å²) in [6.45, 7) is 41.1. The van der Waals surface area contributed by atoms with Gasteiger partial charge in [-0.25, -0.2) is 26.9 Å². The molecule has 6 heterocycles. The van der Waals surface area contributed by atoms with Gasteiger partial charge in [0.2, 0.25) is 35.4 Å². The van der Waals surface area contributed by atoms with Crippen LogP contribution in [0.3, 0.4) is 0 Å². The molecule has 12 aromatic rings.